The Balaban J connectivity index is 2.02. The Labute approximate surface area is 149 Å². The number of hydrogen-bond acceptors (Lipinski definition) is 5. The Hall–Kier alpha value is -2.11. The molecule has 0 aliphatic rings. The van der Waals surface area contributed by atoms with Gasteiger partial charge in [0.1, 0.15) is 0 Å². The number of rotatable bonds is 8. The summed E-state index contributed by atoms with van der Waals surface area (Å²) in [4.78, 5) is 1.09. The van der Waals surface area contributed by atoms with Gasteiger partial charge in [-0.15, -0.1) is 0 Å². The number of hydrogen-bond donors (Lipinski definition) is 3. The predicted octanol–water partition coefficient (Wildman–Crippen LogP) is 4.78. The van der Waals surface area contributed by atoms with Crippen LogP contribution >= 0.6 is 11.9 Å². The summed E-state index contributed by atoms with van der Waals surface area (Å²) in [5.74, 6) is 6.12. The van der Waals surface area contributed by atoms with E-state index in [-0.39, 0.29) is 0 Å². The summed E-state index contributed by atoms with van der Waals surface area (Å²) in [7, 11) is 0. The van der Waals surface area contributed by atoms with Crippen molar-refractivity contribution < 1.29 is 0 Å². The summed E-state index contributed by atoms with van der Waals surface area (Å²) in [5.41, 5.74) is 10.0. The molecule has 0 radical (unpaired) electrons. The molecule has 24 heavy (non-hydrogen) atoms. The molecule has 5 N–H and O–H groups in total. The molecule has 4 nitrogen and oxygen atoms in total. The van der Waals surface area contributed by atoms with E-state index in [1.807, 2.05) is 30.3 Å². The average molecular weight is 343 g/mol. The maximum Gasteiger partial charge on any atom is 0.0580 e. The Kier molecular flexibility index (Phi) is 7.03. The SMILES string of the molecule is CCCC/C(N)=C/N(N)c1cccc(SNc2ccccc2C)c1. The number of benzene rings is 2. The van der Waals surface area contributed by atoms with E-state index in [1.165, 1.54) is 5.56 Å². The lowest BCUT2D eigenvalue weighted by atomic mass is 10.2. The molecule has 2 aromatic rings. The minimum Gasteiger partial charge on any atom is -0.401 e. The number of aryl methyl sites for hydroxylation is 1. The maximum atomic E-state index is 6.12. The highest BCUT2D eigenvalue weighted by atomic mass is 32.2. The second kappa shape index (κ2) is 9.25. The van der Waals surface area contributed by atoms with Gasteiger partial charge in [0.05, 0.1) is 5.69 Å². The van der Waals surface area contributed by atoms with Crippen LogP contribution in [0.2, 0.25) is 0 Å². The molecule has 0 spiro atoms. The maximum absolute atomic E-state index is 6.12. The van der Waals surface area contributed by atoms with E-state index >= 15 is 0 Å². The molecule has 0 aliphatic carbocycles. The standard InChI is InChI=1S/C19H26N4S/c1-3-4-9-16(20)14-23(21)17-10-7-11-18(13-17)24-22-19-12-6-5-8-15(19)2/h5-8,10-14,22H,3-4,9,20-21H2,1-2H3/b16-14-. The number of para-hydroxylation sites is 1. The molecule has 0 unspecified atom stereocenters. The quantitative estimate of drug-likeness (QED) is 0.366. The minimum atomic E-state index is 0.801. The van der Waals surface area contributed by atoms with Gasteiger partial charge >= 0.3 is 0 Å². The number of nitrogens with two attached hydrogens (primary N) is 2. The summed E-state index contributed by atoms with van der Waals surface area (Å²) in [6.45, 7) is 4.24. The van der Waals surface area contributed by atoms with Crippen molar-refractivity contribution in [1.82, 2.24) is 0 Å². The lowest BCUT2D eigenvalue weighted by Gasteiger charge is -2.16. The minimum absolute atomic E-state index is 0.801. The third-order valence-electron chi connectivity index (χ3n) is 3.66. The first kappa shape index (κ1) is 18.2. The molecule has 128 valence electrons. The first-order chi connectivity index (χ1) is 11.6. The van der Waals surface area contributed by atoms with Crippen LogP contribution in [0.1, 0.15) is 31.7 Å². The Bertz CT molecular complexity index is 685. The smallest absolute Gasteiger partial charge is 0.0580 e. The third-order valence-corrected chi connectivity index (χ3v) is 4.48. The Morgan fingerprint density at radius 3 is 2.75 bits per heavy atom. The third kappa shape index (κ3) is 5.51. The number of unbranched alkanes of at least 4 members (excludes halogenated alkanes) is 1. The molecule has 0 aromatic heterocycles. The van der Waals surface area contributed by atoms with Crippen LogP contribution in [0.4, 0.5) is 11.4 Å². The molecule has 0 saturated heterocycles. The molecule has 0 amide bonds. The summed E-state index contributed by atoms with van der Waals surface area (Å²) >= 11 is 1.57. The largest absolute Gasteiger partial charge is 0.401 e. The summed E-state index contributed by atoms with van der Waals surface area (Å²) < 4.78 is 3.38. The number of nitrogens with zero attached hydrogens (tertiary/aromatic N) is 1. The van der Waals surface area contributed by atoms with Crippen LogP contribution in [-0.4, -0.2) is 0 Å². The summed E-state index contributed by atoms with van der Waals surface area (Å²) in [5, 5.41) is 1.59. The second-order valence-electron chi connectivity index (χ2n) is 5.73. The van der Waals surface area contributed by atoms with Gasteiger partial charge in [-0.3, -0.25) is 5.01 Å². The molecular weight excluding hydrogens is 316 g/mol. The van der Waals surface area contributed by atoms with E-state index < -0.39 is 0 Å². The molecule has 0 bridgehead atoms. The Morgan fingerprint density at radius 2 is 2.00 bits per heavy atom. The van der Waals surface area contributed by atoms with Crippen molar-refractivity contribution in [1.29, 1.82) is 0 Å². The van der Waals surface area contributed by atoms with Crippen LogP contribution in [0.3, 0.4) is 0 Å². The van der Waals surface area contributed by atoms with E-state index in [1.54, 1.807) is 23.2 Å². The van der Waals surface area contributed by atoms with Crippen molar-refractivity contribution in [2.24, 2.45) is 11.6 Å². The Morgan fingerprint density at radius 1 is 1.21 bits per heavy atom. The molecule has 0 saturated carbocycles. The van der Waals surface area contributed by atoms with Gasteiger partial charge in [0, 0.05) is 22.5 Å². The van der Waals surface area contributed by atoms with Crippen molar-refractivity contribution >= 4 is 23.3 Å². The van der Waals surface area contributed by atoms with Crippen LogP contribution in [0, 0.1) is 6.92 Å². The van der Waals surface area contributed by atoms with Gasteiger partial charge in [0.15, 0.2) is 0 Å². The summed E-state index contributed by atoms with van der Waals surface area (Å²) in [6, 6.07) is 16.3. The molecule has 0 atom stereocenters. The number of nitrogens with one attached hydrogen (secondary N) is 1. The molecule has 2 aromatic carbocycles. The van der Waals surface area contributed by atoms with E-state index in [9.17, 15) is 0 Å². The second-order valence-corrected chi connectivity index (χ2v) is 6.61. The zero-order valence-corrected chi connectivity index (χ0v) is 15.1. The fourth-order valence-electron chi connectivity index (χ4n) is 2.21. The molecule has 5 heteroatoms. The van der Waals surface area contributed by atoms with Crippen molar-refractivity contribution in [3.05, 3.63) is 66.0 Å². The van der Waals surface area contributed by atoms with Crippen molar-refractivity contribution in [2.75, 3.05) is 9.73 Å². The fraction of sp³-hybridized carbons (Fsp3) is 0.263. The molecule has 0 fully saturated rings. The van der Waals surface area contributed by atoms with E-state index in [0.717, 1.165) is 41.2 Å². The zero-order valence-electron chi connectivity index (χ0n) is 14.3. The molecule has 0 aliphatic heterocycles. The van der Waals surface area contributed by atoms with Crippen molar-refractivity contribution in [3.63, 3.8) is 0 Å². The monoisotopic (exact) mass is 342 g/mol. The topological polar surface area (TPSA) is 67.3 Å². The zero-order chi connectivity index (χ0) is 17.4. The van der Waals surface area contributed by atoms with Gasteiger partial charge in [-0.25, -0.2) is 5.84 Å². The first-order valence-corrected chi connectivity index (χ1v) is 9.00. The van der Waals surface area contributed by atoms with Gasteiger partial charge in [0.2, 0.25) is 0 Å². The fourth-order valence-corrected chi connectivity index (χ4v) is 2.99. The molecule has 0 heterocycles. The predicted molar refractivity (Wildman–Crippen MR) is 106 cm³/mol. The van der Waals surface area contributed by atoms with Gasteiger partial charge in [-0.2, -0.15) is 0 Å². The number of allylic oxidation sites excluding steroid dienone is 1. The lowest BCUT2D eigenvalue weighted by Crippen LogP contribution is -2.26. The normalized spacial score (nSPS) is 11.4. The first-order valence-electron chi connectivity index (χ1n) is 8.18. The van der Waals surface area contributed by atoms with Crippen molar-refractivity contribution in [3.8, 4) is 0 Å². The highest BCUT2D eigenvalue weighted by Crippen LogP contribution is 2.26. The van der Waals surface area contributed by atoms with Crippen LogP contribution in [-0.2, 0) is 0 Å². The van der Waals surface area contributed by atoms with E-state index in [0.29, 0.717) is 0 Å². The van der Waals surface area contributed by atoms with Gasteiger partial charge in [-0.05, 0) is 61.5 Å². The lowest BCUT2D eigenvalue weighted by molar-refractivity contribution is 0.776. The van der Waals surface area contributed by atoms with Crippen LogP contribution in [0.5, 0.6) is 0 Å². The molecular formula is C19H26N4S. The van der Waals surface area contributed by atoms with Crippen molar-refractivity contribution in [2.45, 2.75) is 38.0 Å². The highest BCUT2D eigenvalue weighted by molar-refractivity contribution is 8.00. The van der Waals surface area contributed by atoms with Gasteiger partial charge in [-0.1, -0.05) is 37.6 Å². The van der Waals surface area contributed by atoms with Crippen LogP contribution in [0.15, 0.2) is 65.3 Å². The summed E-state index contributed by atoms with van der Waals surface area (Å²) in [6.07, 6.45) is 4.86. The van der Waals surface area contributed by atoms with Gasteiger partial charge in [0.25, 0.3) is 0 Å². The van der Waals surface area contributed by atoms with Crippen LogP contribution < -0.4 is 21.3 Å². The average Bonchev–Trinajstić information content (AvgIpc) is 2.59. The molecule has 2 rings (SSSR count). The number of anilines is 2. The number of hydrazine groups is 1. The van der Waals surface area contributed by atoms with E-state index in [2.05, 4.69) is 36.8 Å². The van der Waals surface area contributed by atoms with Gasteiger partial charge < -0.3 is 10.5 Å². The highest BCUT2D eigenvalue weighted by Gasteiger charge is 2.03. The van der Waals surface area contributed by atoms with Crippen LogP contribution in [0.25, 0.3) is 0 Å². The van der Waals surface area contributed by atoms with E-state index in [4.69, 9.17) is 11.6 Å².